The summed E-state index contributed by atoms with van der Waals surface area (Å²) >= 11 is 5.97. The van der Waals surface area contributed by atoms with Crippen molar-refractivity contribution in [1.82, 2.24) is 9.97 Å². The van der Waals surface area contributed by atoms with E-state index in [4.69, 9.17) is 16.3 Å². The summed E-state index contributed by atoms with van der Waals surface area (Å²) in [5.74, 6) is 0.487. The van der Waals surface area contributed by atoms with E-state index in [2.05, 4.69) is 15.3 Å². The molecule has 21 heavy (non-hydrogen) atoms. The molecule has 0 unspecified atom stereocenters. The van der Waals surface area contributed by atoms with Crippen molar-refractivity contribution in [3.8, 4) is 11.6 Å². The zero-order chi connectivity index (χ0) is 15.6. The Morgan fingerprint density at radius 3 is 2.71 bits per heavy atom. The van der Waals surface area contributed by atoms with Crippen LogP contribution < -0.4 is 10.1 Å². The predicted molar refractivity (Wildman–Crippen MR) is 79.2 cm³/mol. The molecule has 1 N–H and O–H groups in total. The SMILES string of the molecule is CNc1ncc(Cl)c(Oc2c(C)cc(C)cc2[N+](=O)[O-])n1. The van der Waals surface area contributed by atoms with Crippen LogP contribution in [0.5, 0.6) is 11.6 Å². The van der Waals surface area contributed by atoms with Crippen LogP contribution >= 0.6 is 11.6 Å². The number of hydrogen-bond donors (Lipinski definition) is 1. The Balaban J connectivity index is 2.51. The van der Waals surface area contributed by atoms with E-state index >= 15 is 0 Å². The second-order valence-corrected chi connectivity index (χ2v) is 4.79. The topological polar surface area (TPSA) is 90.2 Å². The van der Waals surface area contributed by atoms with Gasteiger partial charge in [-0.2, -0.15) is 4.98 Å². The number of anilines is 1. The molecule has 7 nitrogen and oxygen atoms in total. The van der Waals surface area contributed by atoms with Gasteiger partial charge in [-0.05, 0) is 25.0 Å². The number of nitro benzene ring substituents is 1. The third kappa shape index (κ3) is 3.19. The van der Waals surface area contributed by atoms with E-state index in [9.17, 15) is 10.1 Å². The maximum absolute atomic E-state index is 11.2. The van der Waals surface area contributed by atoms with Crippen LogP contribution in [0.4, 0.5) is 11.6 Å². The molecule has 0 fully saturated rings. The summed E-state index contributed by atoms with van der Waals surface area (Å²) in [6.07, 6.45) is 1.37. The highest BCUT2D eigenvalue weighted by atomic mass is 35.5. The van der Waals surface area contributed by atoms with Crippen LogP contribution in [0.3, 0.4) is 0 Å². The zero-order valence-corrected chi connectivity index (χ0v) is 12.4. The van der Waals surface area contributed by atoms with Gasteiger partial charge in [0, 0.05) is 13.1 Å². The van der Waals surface area contributed by atoms with Gasteiger partial charge in [0.15, 0.2) is 0 Å². The van der Waals surface area contributed by atoms with Gasteiger partial charge in [0.05, 0.1) is 11.1 Å². The first kappa shape index (κ1) is 15.0. The largest absolute Gasteiger partial charge is 0.430 e. The van der Waals surface area contributed by atoms with Gasteiger partial charge in [-0.25, -0.2) is 4.98 Å². The van der Waals surface area contributed by atoms with Crippen molar-refractivity contribution >= 4 is 23.2 Å². The van der Waals surface area contributed by atoms with Crippen LogP contribution in [0.2, 0.25) is 5.02 Å². The van der Waals surface area contributed by atoms with Crippen molar-refractivity contribution in [3.63, 3.8) is 0 Å². The number of halogens is 1. The monoisotopic (exact) mass is 308 g/mol. The molecule has 0 spiro atoms. The van der Waals surface area contributed by atoms with E-state index < -0.39 is 4.92 Å². The molecule has 0 radical (unpaired) electrons. The summed E-state index contributed by atoms with van der Waals surface area (Å²) in [7, 11) is 1.65. The molecule has 2 aromatic rings. The maximum Gasteiger partial charge on any atom is 0.312 e. The van der Waals surface area contributed by atoms with E-state index in [1.54, 1.807) is 27.0 Å². The Morgan fingerprint density at radius 2 is 2.10 bits per heavy atom. The second-order valence-electron chi connectivity index (χ2n) is 4.39. The number of hydrogen-bond acceptors (Lipinski definition) is 6. The number of nitrogens with one attached hydrogen (secondary N) is 1. The smallest absolute Gasteiger partial charge is 0.312 e. The zero-order valence-electron chi connectivity index (χ0n) is 11.7. The summed E-state index contributed by atoms with van der Waals surface area (Å²) in [5, 5.41) is 14.1. The van der Waals surface area contributed by atoms with Crippen molar-refractivity contribution in [2.24, 2.45) is 0 Å². The highest BCUT2D eigenvalue weighted by Crippen LogP contribution is 2.37. The number of nitro groups is 1. The average molecular weight is 309 g/mol. The highest BCUT2D eigenvalue weighted by molar-refractivity contribution is 6.31. The molecular formula is C13H13ClN4O3. The summed E-state index contributed by atoms with van der Waals surface area (Å²) in [6.45, 7) is 3.50. The Bertz CT molecular complexity index is 706. The lowest BCUT2D eigenvalue weighted by atomic mass is 10.1. The first-order chi connectivity index (χ1) is 9.92. The van der Waals surface area contributed by atoms with Crippen LogP contribution in [0.1, 0.15) is 11.1 Å². The Morgan fingerprint density at radius 1 is 1.38 bits per heavy atom. The van der Waals surface area contributed by atoms with Gasteiger partial charge in [0.25, 0.3) is 0 Å². The summed E-state index contributed by atoms with van der Waals surface area (Å²) in [5.41, 5.74) is 1.27. The maximum atomic E-state index is 11.2. The van der Waals surface area contributed by atoms with Gasteiger partial charge in [0.2, 0.25) is 17.6 Å². The number of ether oxygens (including phenoxy) is 1. The molecule has 0 atom stereocenters. The van der Waals surface area contributed by atoms with Crippen molar-refractivity contribution in [1.29, 1.82) is 0 Å². The Kier molecular flexibility index (Phi) is 4.23. The van der Waals surface area contributed by atoms with Crippen LogP contribution in [0.15, 0.2) is 18.3 Å². The Hall–Kier alpha value is -2.41. The minimum atomic E-state index is -0.497. The van der Waals surface area contributed by atoms with E-state index in [0.29, 0.717) is 11.5 Å². The molecule has 8 heteroatoms. The first-order valence-corrected chi connectivity index (χ1v) is 6.44. The molecule has 1 aromatic heterocycles. The fourth-order valence-corrected chi connectivity index (χ4v) is 1.97. The van der Waals surface area contributed by atoms with E-state index in [-0.39, 0.29) is 22.3 Å². The first-order valence-electron chi connectivity index (χ1n) is 6.06. The van der Waals surface area contributed by atoms with Crippen molar-refractivity contribution in [3.05, 3.63) is 44.6 Å². The lowest BCUT2D eigenvalue weighted by Crippen LogP contribution is -2.01. The number of aryl methyl sites for hydroxylation is 2. The summed E-state index contributed by atoms with van der Waals surface area (Å²) in [6, 6.07) is 3.23. The summed E-state index contributed by atoms with van der Waals surface area (Å²) < 4.78 is 5.57. The molecular weight excluding hydrogens is 296 g/mol. The second kappa shape index (κ2) is 5.92. The molecule has 110 valence electrons. The molecule has 0 amide bonds. The van der Waals surface area contributed by atoms with E-state index in [1.165, 1.54) is 12.3 Å². The number of rotatable bonds is 4. The van der Waals surface area contributed by atoms with E-state index in [1.807, 2.05) is 0 Å². The van der Waals surface area contributed by atoms with Crippen molar-refractivity contribution in [2.75, 3.05) is 12.4 Å². The van der Waals surface area contributed by atoms with Crippen LogP contribution in [0.25, 0.3) is 0 Å². The minimum absolute atomic E-state index is 0.0612. The molecule has 2 rings (SSSR count). The number of benzene rings is 1. The van der Waals surface area contributed by atoms with Gasteiger partial charge in [0.1, 0.15) is 5.02 Å². The Labute approximate surface area is 126 Å². The average Bonchev–Trinajstić information content (AvgIpc) is 2.43. The van der Waals surface area contributed by atoms with Crippen LogP contribution in [-0.4, -0.2) is 21.9 Å². The summed E-state index contributed by atoms with van der Waals surface area (Å²) in [4.78, 5) is 18.7. The molecule has 0 saturated carbocycles. The van der Waals surface area contributed by atoms with Gasteiger partial charge in [-0.15, -0.1) is 0 Å². The quantitative estimate of drug-likeness (QED) is 0.687. The fourth-order valence-electron chi connectivity index (χ4n) is 1.84. The predicted octanol–water partition coefficient (Wildman–Crippen LogP) is 3.49. The van der Waals surface area contributed by atoms with Gasteiger partial charge < -0.3 is 10.1 Å². The van der Waals surface area contributed by atoms with Gasteiger partial charge in [-0.3, -0.25) is 10.1 Å². The molecule has 0 bridgehead atoms. The molecule has 0 aliphatic carbocycles. The number of aromatic nitrogens is 2. The molecule has 0 saturated heterocycles. The molecule has 1 aromatic carbocycles. The standard InChI is InChI=1S/C13H13ClN4O3/c1-7-4-8(2)11(10(5-7)18(19)20)21-12-9(14)6-16-13(15-3)17-12/h4-6H,1-3H3,(H,15,16,17). The highest BCUT2D eigenvalue weighted by Gasteiger charge is 2.21. The minimum Gasteiger partial charge on any atom is -0.430 e. The van der Waals surface area contributed by atoms with Gasteiger partial charge >= 0.3 is 5.69 Å². The third-order valence-corrected chi connectivity index (χ3v) is 2.99. The third-order valence-electron chi connectivity index (χ3n) is 2.73. The normalized spacial score (nSPS) is 10.3. The number of nitrogens with zero attached hydrogens (tertiary/aromatic N) is 3. The van der Waals surface area contributed by atoms with Crippen molar-refractivity contribution < 1.29 is 9.66 Å². The lowest BCUT2D eigenvalue weighted by Gasteiger charge is -2.11. The fraction of sp³-hybridized carbons (Fsp3) is 0.231. The van der Waals surface area contributed by atoms with Crippen LogP contribution in [0, 0.1) is 24.0 Å². The van der Waals surface area contributed by atoms with E-state index in [0.717, 1.165) is 5.56 Å². The lowest BCUT2D eigenvalue weighted by molar-refractivity contribution is -0.385. The van der Waals surface area contributed by atoms with Crippen molar-refractivity contribution in [2.45, 2.75) is 13.8 Å². The molecule has 0 aliphatic heterocycles. The van der Waals surface area contributed by atoms with Gasteiger partial charge in [-0.1, -0.05) is 17.7 Å². The molecule has 0 aliphatic rings. The van der Waals surface area contributed by atoms with Crippen LogP contribution in [-0.2, 0) is 0 Å². The molecule has 1 heterocycles.